The number of hydrogen-bond acceptors (Lipinski definition) is 4. The van der Waals surface area contributed by atoms with Gasteiger partial charge in [-0.05, 0) is 32.4 Å². The minimum atomic E-state index is -0.230. The summed E-state index contributed by atoms with van der Waals surface area (Å²) in [6, 6.07) is 3.64. The standard InChI is InChI=1S/C14H18N2O3/c1-3-19-14(18)11-4-5-13(17)16(9-11)12-6-7-15-10(2)8-12/h6-8,11H,3-5,9H2,1-2H3. The van der Waals surface area contributed by atoms with Crippen LogP contribution in [0.5, 0.6) is 0 Å². The number of amides is 1. The van der Waals surface area contributed by atoms with Gasteiger partial charge in [0.1, 0.15) is 0 Å². The molecular formula is C14H18N2O3. The minimum absolute atomic E-state index is 0.0474. The van der Waals surface area contributed by atoms with Crippen molar-refractivity contribution >= 4 is 17.6 Å². The molecule has 1 amide bonds. The van der Waals surface area contributed by atoms with Crippen LogP contribution in [-0.2, 0) is 14.3 Å². The van der Waals surface area contributed by atoms with E-state index in [0.717, 1.165) is 11.4 Å². The van der Waals surface area contributed by atoms with Crippen molar-refractivity contribution in [1.82, 2.24) is 4.98 Å². The molecule has 0 aromatic carbocycles. The van der Waals surface area contributed by atoms with Gasteiger partial charge >= 0.3 is 5.97 Å². The zero-order valence-electron chi connectivity index (χ0n) is 11.3. The number of esters is 1. The van der Waals surface area contributed by atoms with Gasteiger partial charge in [0, 0.05) is 30.5 Å². The van der Waals surface area contributed by atoms with Gasteiger partial charge in [0.15, 0.2) is 0 Å². The highest BCUT2D eigenvalue weighted by molar-refractivity contribution is 5.95. The van der Waals surface area contributed by atoms with Crippen LogP contribution in [0, 0.1) is 12.8 Å². The van der Waals surface area contributed by atoms with E-state index in [4.69, 9.17) is 4.74 Å². The van der Waals surface area contributed by atoms with Crippen molar-refractivity contribution in [1.29, 1.82) is 0 Å². The summed E-state index contributed by atoms with van der Waals surface area (Å²) in [6.45, 7) is 4.43. The number of carbonyl (C=O) groups is 2. The molecule has 2 rings (SSSR count). The summed E-state index contributed by atoms with van der Waals surface area (Å²) >= 11 is 0. The number of hydrogen-bond donors (Lipinski definition) is 0. The number of anilines is 1. The molecule has 19 heavy (non-hydrogen) atoms. The highest BCUT2D eigenvalue weighted by atomic mass is 16.5. The Morgan fingerprint density at radius 2 is 2.37 bits per heavy atom. The molecule has 1 aromatic heterocycles. The molecule has 1 saturated heterocycles. The molecule has 0 spiro atoms. The number of rotatable bonds is 3. The molecule has 102 valence electrons. The van der Waals surface area contributed by atoms with Crippen LogP contribution < -0.4 is 4.90 Å². The summed E-state index contributed by atoms with van der Waals surface area (Å²) in [7, 11) is 0. The molecule has 5 nitrogen and oxygen atoms in total. The van der Waals surface area contributed by atoms with Crippen molar-refractivity contribution < 1.29 is 14.3 Å². The zero-order valence-corrected chi connectivity index (χ0v) is 11.3. The molecule has 2 heterocycles. The van der Waals surface area contributed by atoms with Crippen molar-refractivity contribution in [2.24, 2.45) is 5.92 Å². The fourth-order valence-corrected chi connectivity index (χ4v) is 2.25. The first kappa shape index (κ1) is 13.5. The fourth-order valence-electron chi connectivity index (χ4n) is 2.25. The van der Waals surface area contributed by atoms with E-state index in [9.17, 15) is 9.59 Å². The summed E-state index contributed by atoms with van der Waals surface area (Å²) in [5, 5.41) is 0. The molecular weight excluding hydrogens is 244 g/mol. The van der Waals surface area contributed by atoms with Crippen LogP contribution in [0.3, 0.4) is 0 Å². The van der Waals surface area contributed by atoms with E-state index in [0.29, 0.717) is 26.0 Å². The lowest BCUT2D eigenvalue weighted by molar-refractivity contribution is -0.148. The molecule has 1 aliphatic rings. The third-order valence-corrected chi connectivity index (χ3v) is 3.22. The second-order valence-corrected chi connectivity index (χ2v) is 4.65. The molecule has 1 aromatic rings. The van der Waals surface area contributed by atoms with Crippen molar-refractivity contribution in [2.75, 3.05) is 18.1 Å². The van der Waals surface area contributed by atoms with Gasteiger partial charge in [-0.15, -0.1) is 0 Å². The number of ether oxygens (including phenoxy) is 1. The maximum Gasteiger partial charge on any atom is 0.310 e. The third kappa shape index (κ3) is 3.10. The average molecular weight is 262 g/mol. The lowest BCUT2D eigenvalue weighted by atomic mass is 9.97. The van der Waals surface area contributed by atoms with Crippen LogP contribution >= 0.6 is 0 Å². The Morgan fingerprint density at radius 3 is 3.05 bits per heavy atom. The van der Waals surface area contributed by atoms with Crippen LogP contribution in [0.1, 0.15) is 25.5 Å². The van der Waals surface area contributed by atoms with Crippen LogP contribution in [-0.4, -0.2) is 30.0 Å². The molecule has 1 unspecified atom stereocenters. The Morgan fingerprint density at radius 1 is 1.58 bits per heavy atom. The Kier molecular flexibility index (Phi) is 4.14. The Labute approximate surface area is 112 Å². The maximum absolute atomic E-state index is 12.0. The van der Waals surface area contributed by atoms with E-state index in [1.807, 2.05) is 13.0 Å². The molecule has 1 atom stereocenters. The van der Waals surface area contributed by atoms with Gasteiger partial charge in [-0.3, -0.25) is 14.6 Å². The number of aryl methyl sites for hydroxylation is 1. The number of carbonyl (C=O) groups excluding carboxylic acids is 2. The third-order valence-electron chi connectivity index (χ3n) is 3.22. The van der Waals surface area contributed by atoms with E-state index in [1.54, 1.807) is 24.1 Å². The lowest BCUT2D eigenvalue weighted by Gasteiger charge is -2.31. The second kappa shape index (κ2) is 5.82. The van der Waals surface area contributed by atoms with Gasteiger partial charge in [0.25, 0.3) is 0 Å². The highest BCUT2D eigenvalue weighted by Gasteiger charge is 2.31. The smallest absolute Gasteiger partial charge is 0.310 e. The molecule has 0 bridgehead atoms. The van der Waals surface area contributed by atoms with Gasteiger partial charge in [0.2, 0.25) is 5.91 Å². The normalized spacial score (nSPS) is 19.4. The number of pyridine rings is 1. The predicted octanol–water partition coefficient (Wildman–Crippen LogP) is 1.70. The quantitative estimate of drug-likeness (QED) is 0.778. The van der Waals surface area contributed by atoms with Crippen molar-refractivity contribution in [3.05, 3.63) is 24.0 Å². The SMILES string of the molecule is CCOC(=O)C1CCC(=O)N(c2ccnc(C)c2)C1. The molecule has 5 heteroatoms. The number of piperidine rings is 1. The fraction of sp³-hybridized carbons (Fsp3) is 0.500. The predicted molar refractivity (Wildman–Crippen MR) is 70.7 cm³/mol. The first-order chi connectivity index (χ1) is 9.11. The highest BCUT2D eigenvalue weighted by Crippen LogP contribution is 2.25. The van der Waals surface area contributed by atoms with Gasteiger partial charge in [0.05, 0.1) is 12.5 Å². The van der Waals surface area contributed by atoms with E-state index in [1.165, 1.54) is 0 Å². The minimum Gasteiger partial charge on any atom is -0.466 e. The summed E-state index contributed by atoms with van der Waals surface area (Å²) in [4.78, 5) is 29.5. The van der Waals surface area contributed by atoms with Crippen LogP contribution in [0.2, 0.25) is 0 Å². The summed E-state index contributed by atoms with van der Waals surface area (Å²) in [6.07, 6.45) is 2.62. The first-order valence-electron chi connectivity index (χ1n) is 6.51. The second-order valence-electron chi connectivity index (χ2n) is 4.65. The number of nitrogens with zero attached hydrogens (tertiary/aromatic N) is 2. The average Bonchev–Trinajstić information content (AvgIpc) is 2.39. The van der Waals surface area contributed by atoms with Crippen molar-refractivity contribution in [3.63, 3.8) is 0 Å². The Hall–Kier alpha value is -1.91. The maximum atomic E-state index is 12.0. The van der Waals surface area contributed by atoms with Crippen LogP contribution in [0.4, 0.5) is 5.69 Å². The molecule has 1 fully saturated rings. The van der Waals surface area contributed by atoms with Crippen LogP contribution in [0.25, 0.3) is 0 Å². The summed E-state index contributed by atoms with van der Waals surface area (Å²) < 4.78 is 5.04. The molecule has 0 N–H and O–H groups in total. The number of aromatic nitrogens is 1. The topological polar surface area (TPSA) is 59.5 Å². The van der Waals surface area contributed by atoms with Gasteiger partial charge < -0.3 is 9.64 Å². The van der Waals surface area contributed by atoms with Gasteiger partial charge in [-0.2, -0.15) is 0 Å². The molecule has 0 radical (unpaired) electrons. The largest absolute Gasteiger partial charge is 0.466 e. The van der Waals surface area contributed by atoms with Gasteiger partial charge in [-0.1, -0.05) is 0 Å². The van der Waals surface area contributed by atoms with E-state index in [2.05, 4.69) is 4.98 Å². The summed E-state index contributed by atoms with van der Waals surface area (Å²) in [5.74, 6) is -0.400. The van der Waals surface area contributed by atoms with E-state index >= 15 is 0 Å². The molecule has 1 aliphatic heterocycles. The molecule has 0 aliphatic carbocycles. The monoisotopic (exact) mass is 262 g/mol. The van der Waals surface area contributed by atoms with Crippen molar-refractivity contribution in [2.45, 2.75) is 26.7 Å². The van der Waals surface area contributed by atoms with Crippen LogP contribution in [0.15, 0.2) is 18.3 Å². The van der Waals surface area contributed by atoms with E-state index < -0.39 is 0 Å². The summed E-state index contributed by atoms with van der Waals surface area (Å²) in [5.41, 5.74) is 1.65. The lowest BCUT2D eigenvalue weighted by Crippen LogP contribution is -2.43. The zero-order chi connectivity index (χ0) is 13.8. The van der Waals surface area contributed by atoms with E-state index in [-0.39, 0.29) is 17.8 Å². The van der Waals surface area contributed by atoms with Crippen molar-refractivity contribution in [3.8, 4) is 0 Å². The Bertz CT molecular complexity index is 487. The first-order valence-corrected chi connectivity index (χ1v) is 6.51. The molecule has 0 saturated carbocycles. The van der Waals surface area contributed by atoms with Gasteiger partial charge in [-0.25, -0.2) is 0 Å². The Balaban J connectivity index is 2.15.